The zero-order chi connectivity index (χ0) is 22.7. The van der Waals surface area contributed by atoms with Gasteiger partial charge in [0.15, 0.2) is 0 Å². The number of hydrogen-bond acceptors (Lipinski definition) is 5. The Labute approximate surface area is 197 Å². The third-order valence-corrected chi connectivity index (χ3v) is 6.17. The number of carbonyl (C=O) groups excluding carboxylic acids is 1. The molecular weight excluding hydrogens is 472 g/mol. The van der Waals surface area contributed by atoms with Crippen molar-refractivity contribution in [1.82, 2.24) is 10.2 Å². The normalized spacial score (nSPS) is 10.8. The van der Waals surface area contributed by atoms with Gasteiger partial charge in [0, 0.05) is 16.1 Å². The molecule has 0 saturated carbocycles. The van der Waals surface area contributed by atoms with E-state index in [-0.39, 0.29) is 17.4 Å². The first-order valence-electron chi connectivity index (χ1n) is 9.50. The second-order valence-electron chi connectivity index (χ2n) is 6.88. The molecule has 0 bridgehead atoms. The minimum atomic E-state index is -0.562. The first-order chi connectivity index (χ1) is 15.4. The number of anilines is 1. The Morgan fingerprint density at radius 3 is 2.59 bits per heavy atom. The molecule has 162 valence electrons. The quantitative estimate of drug-likeness (QED) is 0.320. The summed E-state index contributed by atoms with van der Waals surface area (Å²) >= 11 is 13.0. The highest BCUT2D eigenvalue weighted by Gasteiger charge is 2.12. The van der Waals surface area contributed by atoms with Gasteiger partial charge in [-0.15, -0.1) is 10.2 Å². The summed E-state index contributed by atoms with van der Waals surface area (Å²) in [6, 6.07) is 17.1. The standard InChI is InChI=1S/C23H16Cl2FN3O2S/c1-13-17(24)3-2-4-20(13)31-16-8-6-15(7-9-16)22-28-29-23(32-22)27-21(30)12-14-5-10-18(25)19(26)11-14/h2-11H,12H2,1H3,(H,27,29,30). The van der Waals surface area contributed by atoms with Gasteiger partial charge in [-0.3, -0.25) is 4.79 Å². The first-order valence-corrected chi connectivity index (χ1v) is 11.1. The van der Waals surface area contributed by atoms with E-state index in [1.54, 1.807) is 6.07 Å². The van der Waals surface area contributed by atoms with Gasteiger partial charge in [0.2, 0.25) is 11.0 Å². The molecule has 5 nitrogen and oxygen atoms in total. The lowest BCUT2D eigenvalue weighted by Crippen LogP contribution is -2.14. The summed E-state index contributed by atoms with van der Waals surface area (Å²) < 4.78 is 19.4. The molecule has 0 radical (unpaired) electrons. The summed E-state index contributed by atoms with van der Waals surface area (Å²) in [7, 11) is 0. The molecule has 0 aliphatic heterocycles. The van der Waals surface area contributed by atoms with Gasteiger partial charge < -0.3 is 10.1 Å². The maximum Gasteiger partial charge on any atom is 0.230 e. The third-order valence-electron chi connectivity index (χ3n) is 4.57. The van der Waals surface area contributed by atoms with Crippen molar-refractivity contribution < 1.29 is 13.9 Å². The first kappa shape index (κ1) is 22.2. The van der Waals surface area contributed by atoms with E-state index in [1.165, 1.54) is 23.5 Å². The number of nitrogens with zero attached hydrogens (tertiary/aromatic N) is 2. The van der Waals surface area contributed by atoms with Crippen LogP contribution in [0.25, 0.3) is 10.6 Å². The van der Waals surface area contributed by atoms with Crippen LogP contribution in [0.4, 0.5) is 9.52 Å². The summed E-state index contributed by atoms with van der Waals surface area (Å²) in [5.74, 6) is 0.460. The van der Waals surface area contributed by atoms with Crippen LogP contribution in [0.3, 0.4) is 0 Å². The number of hydrogen-bond donors (Lipinski definition) is 1. The van der Waals surface area contributed by atoms with Crippen molar-refractivity contribution in [2.24, 2.45) is 0 Å². The number of ether oxygens (including phenoxy) is 1. The van der Waals surface area contributed by atoms with E-state index < -0.39 is 5.82 Å². The second kappa shape index (κ2) is 9.65. The number of amides is 1. The number of rotatable bonds is 6. The predicted octanol–water partition coefficient (Wildman–Crippen LogP) is 6.93. The Kier molecular flexibility index (Phi) is 6.69. The maximum atomic E-state index is 13.5. The summed E-state index contributed by atoms with van der Waals surface area (Å²) in [5.41, 5.74) is 2.21. The van der Waals surface area contributed by atoms with Gasteiger partial charge in [-0.2, -0.15) is 0 Å². The SMILES string of the molecule is Cc1c(Cl)cccc1Oc1ccc(-c2nnc(NC(=O)Cc3ccc(Cl)c(F)c3)s2)cc1. The molecule has 0 saturated heterocycles. The van der Waals surface area contributed by atoms with Gasteiger partial charge in [0.25, 0.3) is 0 Å². The lowest BCUT2D eigenvalue weighted by atomic mass is 10.1. The molecule has 0 atom stereocenters. The zero-order valence-corrected chi connectivity index (χ0v) is 19.1. The van der Waals surface area contributed by atoms with Crippen molar-refractivity contribution in [2.75, 3.05) is 5.32 Å². The Morgan fingerprint density at radius 1 is 1.06 bits per heavy atom. The lowest BCUT2D eigenvalue weighted by molar-refractivity contribution is -0.115. The van der Waals surface area contributed by atoms with E-state index in [2.05, 4.69) is 15.5 Å². The highest BCUT2D eigenvalue weighted by Crippen LogP contribution is 2.32. The maximum absolute atomic E-state index is 13.5. The Balaban J connectivity index is 1.40. The molecule has 1 amide bonds. The lowest BCUT2D eigenvalue weighted by Gasteiger charge is -2.09. The minimum Gasteiger partial charge on any atom is -0.457 e. The van der Waals surface area contributed by atoms with Crippen LogP contribution < -0.4 is 10.1 Å². The molecule has 0 fully saturated rings. The largest absolute Gasteiger partial charge is 0.457 e. The number of aromatic nitrogens is 2. The average Bonchev–Trinajstić information content (AvgIpc) is 3.23. The van der Waals surface area contributed by atoms with Crippen LogP contribution in [0.5, 0.6) is 11.5 Å². The minimum absolute atomic E-state index is 0.00203. The van der Waals surface area contributed by atoms with E-state index in [0.717, 1.165) is 11.1 Å². The molecule has 32 heavy (non-hydrogen) atoms. The molecule has 1 aromatic heterocycles. The molecule has 4 aromatic rings. The van der Waals surface area contributed by atoms with Gasteiger partial charge in [0.05, 0.1) is 11.4 Å². The zero-order valence-electron chi connectivity index (χ0n) is 16.7. The van der Waals surface area contributed by atoms with Gasteiger partial charge in [-0.25, -0.2) is 4.39 Å². The van der Waals surface area contributed by atoms with E-state index in [0.29, 0.717) is 32.2 Å². The topological polar surface area (TPSA) is 64.1 Å². The van der Waals surface area contributed by atoms with Crippen LogP contribution in [-0.4, -0.2) is 16.1 Å². The van der Waals surface area contributed by atoms with E-state index in [4.69, 9.17) is 27.9 Å². The molecule has 0 aliphatic carbocycles. The number of carbonyl (C=O) groups is 1. The van der Waals surface area contributed by atoms with Gasteiger partial charge in [-0.05, 0) is 61.0 Å². The summed E-state index contributed by atoms with van der Waals surface area (Å²) in [6.45, 7) is 1.90. The molecule has 0 spiro atoms. The Hall–Kier alpha value is -3.00. The molecule has 9 heteroatoms. The van der Waals surface area contributed by atoms with Crippen LogP contribution in [0.1, 0.15) is 11.1 Å². The van der Waals surface area contributed by atoms with Crippen LogP contribution in [-0.2, 0) is 11.2 Å². The van der Waals surface area contributed by atoms with E-state index in [1.807, 2.05) is 49.4 Å². The Morgan fingerprint density at radius 2 is 1.84 bits per heavy atom. The predicted molar refractivity (Wildman–Crippen MR) is 125 cm³/mol. The molecule has 1 N–H and O–H groups in total. The van der Waals surface area contributed by atoms with Crippen molar-refractivity contribution in [2.45, 2.75) is 13.3 Å². The third kappa shape index (κ3) is 5.24. The van der Waals surface area contributed by atoms with Crippen LogP contribution in [0, 0.1) is 12.7 Å². The molecule has 1 heterocycles. The molecule has 3 aromatic carbocycles. The smallest absolute Gasteiger partial charge is 0.230 e. The van der Waals surface area contributed by atoms with Crippen molar-refractivity contribution in [3.63, 3.8) is 0 Å². The fourth-order valence-electron chi connectivity index (χ4n) is 2.88. The summed E-state index contributed by atoms with van der Waals surface area (Å²) in [6.07, 6.45) is -0.00203. The van der Waals surface area contributed by atoms with Crippen LogP contribution in [0.2, 0.25) is 10.0 Å². The fourth-order valence-corrected chi connectivity index (χ4v) is 3.93. The van der Waals surface area contributed by atoms with Crippen LogP contribution >= 0.6 is 34.5 Å². The van der Waals surface area contributed by atoms with Crippen molar-refractivity contribution in [1.29, 1.82) is 0 Å². The van der Waals surface area contributed by atoms with E-state index >= 15 is 0 Å². The molecular formula is C23H16Cl2FN3O2S. The highest BCUT2D eigenvalue weighted by molar-refractivity contribution is 7.18. The number of benzene rings is 3. The average molecular weight is 488 g/mol. The Bertz CT molecular complexity index is 1280. The summed E-state index contributed by atoms with van der Waals surface area (Å²) in [5, 5.41) is 12.5. The molecule has 4 rings (SSSR count). The van der Waals surface area contributed by atoms with Crippen molar-refractivity contribution in [3.8, 4) is 22.1 Å². The number of nitrogens with one attached hydrogen (secondary N) is 1. The van der Waals surface area contributed by atoms with Crippen molar-refractivity contribution in [3.05, 3.63) is 87.7 Å². The summed E-state index contributed by atoms with van der Waals surface area (Å²) in [4.78, 5) is 12.2. The van der Waals surface area contributed by atoms with Crippen molar-refractivity contribution >= 4 is 45.6 Å². The van der Waals surface area contributed by atoms with Crippen LogP contribution in [0.15, 0.2) is 60.7 Å². The molecule has 0 aliphatic rings. The molecule has 0 unspecified atom stereocenters. The van der Waals surface area contributed by atoms with Gasteiger partial charge in [0.1, 0.15) is 22.3 Å². The van der Waals surface area contributed by atoms with Gasteiger partial charge in [-0.1, -0.05) is 46.7 Å². The number of halogens is 3. The second-order valence-corrected chi connectivity index (χ2v) is 8.67. The van der Waals surface area contributed by atoms with E-state index in [9.17, 15) is 9.18 Å². The highest BCUT2D eigenvalue weighted by atomic mass is 35.5. The monoisotopic (exact) mass is 487 g/mol. The fraction of sp³-hybridized carbons (Fsp3) is 0.0870. The van der Waals surface area contributed by atoms with Gasteiger partial charge >= 0.3 is 0 Å².